The number of carbonyl (C=O) groups excluding carboxylic acids is 1. The van der Waals surface area contributed by atoms with Gasteiger partial charge in [0.05, 0.1) is 6.54 Å². The molecule has 2 N–H and O–H groups in total. The van der Waals surface area contributed by atoms with Crippen LogP contribution >= 0.6 is 0 Å². The molecule has 1 amide bonds. The largest absolute Gasteiger partial charge is 0.357 e. The molecule has 0 aliphatic carbocycles. The minimum absolute atomic E-state index is 0.181. The van der Waals surface area contributed by atoms with Gasteiger partial charge in [0.2, 0.25) is 5.91 Å². The van der Waals surface area contributed by atoms with Crippen LogP contribution in [0.4, 0.5) is 0 Å². The third kappa shape index (κ3) is 9.64. The van der Waals surface area contributed by atoms with E-state index in [-0.39, 0.29) is 5.91 Å². The van der Waals surface area contributed by atoms with Crippen LogP contribution < -0.4 is 10.6 Å². The Hall–Kier alpha value is -1.26. The molecule has 0 heterocycles. The van der Waals surface area contributed by atoms with Gasteiger partial charge in [0.1, 0.15) is 0 Å². The van der Waals surface area contributed by atoms with Crippen molar-refractivity contribution in [3.63, 3.8) is 0 Å². The van der Waals surface area contributed by atoms with Gasteiger partial charge in [-0.2, -0.15) is 0 Å². The average Bonchev–Trinajstić information content (AvgIpc) is 2.49. The molecule has 5 nitrogen and oxygen atoms in total. The maximum atomic E-state index is 12.0. The molecule has 0 spiro atoms. The van der Waals surface area contributed by atoms with Crippen molar-refractivity contribution in [3.05, 3.63) is 0 Å². The predicted octanol–water partition coefficient (Wildman–Crippen LogP) is 2.77. The standard InChI is InChI=1S/C17H36N4O/c1-6-10-11-12-15(5)20-17(18-7-2)19-14-13-16(22)21(8-3)9-4/h15H,6-14H2,1-5H3,(H2,18,19,20). The van der Waals surface area contributed by atoms with Gasteiger partial charge in [-0.1, -0.05) is 26.2 Å². The first kappa shape index (κ1) is 20.7. The summed E-state index contributed by atoms with van der Waals surface area (Å²) in [7, 11) is 0. The van der Waals surface area contributed by atoms with E-state index in [9.17, 15) is 4.79 Å². The van der Waals surface area contributed by atoms with Crippen LogP contribution in [0.3, 0.4) is 0 Å². The van der Waals surface area contributed by atoms with Crippen LogP contribution in [0.25, 0.3) is 0 Å². The van der Waals surface area contributed by atoms with Crippen molar-refractivity contribution in [3.8, 4) is 0 Å². The van der Waals surface area contributed by atoms with Crippen molar-refractivity contribution in [2.45, 2.75) is 72.8 Å². The van der Waals surface area contributed by atoms with Crippen LogP contribution in [0.15, 0.2) is 4.99 Å². The summed E-state index contributed by atoms with van der Waals surface area (Å²) in [6.45, 7) is 13.4. The van der Waals surface area contributed by atoms with Gasteiger partial charge in [-0.3, -0.25) is 9.79 Å². The maximum absolute atomic E-state index is 12.0. The van der Waals surface area contributed by atoms with Crippen LogP contribution in [0.1, 0.15) is 66.7 Å². The summed E-state index contributed by atoms with van der Waals surface area (Å²) in [5.41, 5.74) is 0. The molecule has 22 heavy (non-hydrogen) atoms. The smallest absolute Gasteiger partial charge is 0.224 e. The van der Waals surface area contributed by atoms with E-state index in [0.717, 1.165) is 32.0 Å². The molecular weight excluding hydrogens is 276 g/mol. The van der Waals surface area contributed by atoms with E-state index in [2.05, 4.69) is 36.4 Å². The number of unbranched alkanes of at least 4 members (excludes halogenated alkanes) is 2. The second-order valence-electron chi connectivity index (χ2n) is 5.62. The summed E-state index contributed by atoms with van der Waals surface area (Å²) in [6, 6.07) is 0.405. The monoisotopic (exact) mass is 312 g/mol. The number of nitrogens with one attached hydrogen (secondary N) is 2. The molecule has 1 atom stereocenters. The zero-order chi connectivity index (χ0) is 16.8. The molecule has 0 aromatic rings. The molecule has 0 saturated heterocycles. The maximum Gasteiger partial charge on any atom is 0.224 e. The van der Waals surface area contributed by atoms with Gasteiger partial charge in [0, 0.05) is 32.1 Å². The Morgan fingerprint density at radius 3 is 2.36 bits per heavy atom. The molecule has 0 radical (unpaired) electrons. The number of nitrogens with zero attached hydrogens (tertiary/aromatic N) is 2. The van der Waals surface area contributed by atoms with Gasteiger partial charge in [0.25, 0.3) is 0 Å². The van der Waals surface area contributed by atoms with Gasteiger partial charge in [-0.25, -0.2) is 0 Å². The molecule has 0 rings (SSSR count). The summed E-state index contributed by atoms with van der Waals surface area (Å²) in [6.07, 6.45) is 5.38. The Morgan fingerprint density at radius 1 is 1.14 bits per heavy atom. The van der Waals surface area contributed by atoms with E-state index in [1.807, 2.05) is 18.7 Å². The fourth-order valence-corrected chi connectivity index (χ4v) is 2.32. The van der Waals surface area contributed by atoms with Crippen molar-refractivity contribution >= 4 is 11.9 Å². The summed E-state index contributed by atoms with van der Waals surface area (Å²) < 4.78 is 0. The SMILES string of the molecule is CCCCCC(C)NC(=NCCC(=O)N(CC)CC)NCC. The summed E-state index contributed by atoms with van der Waals surface area (Å²) in [4.78, 5) is 18.3. The van der Waals surface area contributed by atoms with Gasteiger partial charge >= 0.3 is 0 Å². The molecule has 130 valence electrons. The highest BCUT2D eigenvalue weighted by molar-refractivity contribution is 5.81. The minimum Gasteiger partial charge on any atom is -0.357 e. The molecule has 1 unspecified atom stereocenters. The van der Waals surface area contributed by atoms with Gasteiger partial charge in [0.15, 0.2) is 5.96 Å². The van der Waals surface area contributed by atoms with E-state index in [1.165, 1.54) is 19.3 Å². The van der Waals surface area contributed by atoms with Gasteiger partial charge in [-0.15, -0.1) is 0 Å². The number of rotatable bonds is 11. The molecule has 0 bridgehead atoms. The van der Waals surface area contributed by atoms with Gasteiger partial charge in [-0.05, 0) is 34.1 Å². The number of aliphatic imine (C=N–C) groups is 1. The van der Waals surface area contributed by atoms with E-state index in [0.29, 0.717) is 19.0 Å². The second-order valence-corrected chi connectivity index (χ2v) is 5.62. The number of guanidine groups is 1. The minimum atomic E-state index is 0.181. The third-order valence-electron chi connectivity index (χ3n) is 3.68. The molecule has 0 saturated carbocycles. The van der Waals surface area contributed by atoms with E-state index >= 15 is 0 Å². The lowest BCUT2D eigenvalue weighted by atomic mass is 10.1. The molecule has 0 aromatic heterocycles. The Labute approximate surface area is 136 Å². The van der Waals surface area contributed by atoms with E-state index < -0.39 is 0 Å². The third-order valence-corrected chi connectivity index (χ3v) is 3.68. The molecule has 0 fully saturated rings. The zero-order valence-electron chi connectivity index (χ0n) is 15.2. The van der Waals surface area contributed by atoms with Crippen LogP contribution in [-0.4, -0.2) is 49.0 Å². The zero-order valence-corrected chi connectivity index (χ0v) is 15.2. The lowest BCUT2D eigenvalue weighted by Crippen LogP contribution is -2.42. The Bertz CT molecular complexity index is 314. The predicted molar refractivity (Wildman–Crippen MR) is 95.3 cm³/mol. The first-order chi connectivity index (χ1) is 10.6. The fourth-order valence-electron chi connectivity index (χ4n) is 2.32. The Morgan fingerprint density at radius 2 is 1.82 bits per heavy atom. The highest BCUT2D eigenvalue weighted by Gasteiger charge is 2.09. The summed E-state index contributed by atoms with van der Waals surface area (Å²) in [5, 5.41) is 6.67. The van der Waals surface area contributed by atoms with Crippen LogP contribution in [0.2, 0.25) is 0 Å². The topological polar surface area (TPSA) is 56.7 Å². The summed E-state index contributed by atoms with van der Waals surface area (Å²) >= 11 is 0. The van der Waals surface area contributed by atoms with Crippen molar-refractivity contribution < 1.29 is 4.79 Å². The van der Waals surface area contributed by atoms with Gasteiger partial charge < -0.3 is 15.5 Å². The molecule has 0 aromatic carbocycles. The van der Waals surface area contributed by atoms with Crippen LogP contribution in [0.5, 0.6) is 0 Å². The second kappa shape index (κ2) is 13.4. The lowest BCUT2D eigenvalue weighted by molar-refractivity contribution is -0.130. The number of hydrogen-bond donors (Lipinski definition) is 2. The van der Waals surface area contributed by atoms with Crippen molar-refractivity contribution in [1.29, 1.82) is 0 Å². The Kier molecular flexibility index (Phi) is 12.6. The number of hydrogen-bond acceptors (Lipinski definition) is 2. The van der Waals surface area contributed by atoms with Crippen LogP contribution in [0, 0.1) is 0 Å². The molecule has 0 aliphatic heterocycles. The van der Waals surface area contributed by atoms with Crippen molar-refractivity contribution in [1.82, 2.24) is 15.5 Å². The quantitative estimate of drug-likeness (QED) is 0.350. The van der Waals surface area contributed by atoms with Crippen molar-refractivity contribution in [2.75, 3.05) is 26.2 Å². The normalized spacial score (nSPS) is 12.9. The molecular formula is C17H36N4O. The molecule has 0 aliphatic rings. The number of carbonyl (C=O) groups is 1. The Balaban J connectivity index is 4.27. The summed E-state index contributed by atoms with van der Waals surface area (Å²) in [5.74, 6) is 0.999. The van der Waals surface area contributed by atoms with Crippen LogP contribution in [-0.2, 0) is 4.79 Å². The van der Waals surface area contributed by atoms with Crippen molar-refractivity contribution in [2.24, 2.45) is 4.99 Å². The molecule has 5 heteroatoms. The van der Waals surface area contributed by atoms with E-state index in [1.54, 1.807) is 0 Å². The lowest BCUT2D eigenvalue weighted by Gasteiger charge is -2.19. The number of amides is 1. The first-order valence-corrected chi connectivity index (χ1v) is 8.91. The highest BCUT2D eigenvalue weighted by Crippen LogP contribution is 2.02. The first-order valence-electron chi connectivity index (χ1n) is 8.91. The highest BCUT2D eigenvalue weighted by atomic mass is 16.2. The fraction of sp³-hybridized carbons (Fsp3) is 0.882. The average molecular weight is 313 g/mol. The van der Waals surface area contributed by atoms with E-state index in [4.69, 9.17) is 0 Å².